The van der Waals surface area contributed by atoms with Crippen LogP contribution in [0.15, 0.2) is 15.8 Å². The number of aliphatic hydroxyl groups excluding tert-OH is 2. The van der Waals surface area contributed by atoms with Crippen LogP contribution in [-0.4, -0.2) is 59.0 Å². The molecule has 0 radical (unpaired) electrons. The summed E-state index contributed by atoms with van der Waals surface area (Å²) in [6, 6.07) is 0. The number of nitrogens with one attached hydrogen (secondary N) is 1. The van der Waals surface area contributed by atoms with Gasteiger partial charge in [-0.15, -0.1) is 0 Å². The molecule has 1 aliphatic rings. The van der Waals surface area contributed by atoms with Crippen molar-refractivity contribution >= 4 is 7.60 Å². The molecule has 1 aromatic rings. The Morgan fingerprint density at radius 3 is 2.29 bits per heavy atom. The van der Waals surface area contributed by atoms with E-state index in [2.05, 4.69) is 4.98 Å². The van der Waals surface area contributed by atoms with Crippen LogP contribution >= 0.6 is 7.60 Å². The quantitative estimate of drug-likeness (QED) is 0.326. The SMILES string of the molecule is CCC(C)(C[C@H]1O[C@@H](c2cn(C)c(=O)[nH]c2=O)[C@H](O)[C@@H]1O)OP(=O)(O)C(O)(CC)CC. The number of rotatable bonds is 9. The molecule has 1 saturated heterocycles. The minimum atomic E-state index is -4.47. The van der Waals surface area contributed by atoms with E-state index < -0.39 is 54.2 Å². The Balaban J connectivity index is 2.28. The summed E-state index contributed by atoms with van der Waals surface area (Å²) in [7, 11) is -3.06. The van der Waals surface area contributed by atoms with E-state index in [-0.39, 0.29) is 31.2 Å². The maximum Gasteiger partial charge on any atom is 0.359 e. The van der Waals surface area contributed by atoms with Crippen molar-refractivity contribution in [3.63, 3.8) is 0 Å². The highest BCUT2D eigenvalue weighted by Gasteiger charge is 2.51. The average molecular weight is 464 g/mol. The highest BCUT2D eigenvalue weighted by molar-refractivity contribution is 7.54. The van der Waals surface area contributed by atoms with Crippen molar-refractivity contribution in [1.82, 2.24) is 9.55 Å². The predicted octanol–water partition coefficient (Wildman–Crippen LogP) is 0.505. The van der Waals surface area contributed by atoms with Gasteiger partial charge in [0, 0.05) is 19.7 Å². The second-order valence-corrected chi connectivity index (χ2v) is 10.4. The second kappa shape index (κ2) is 9.27. The number of H-pyrrole nitrogens is 1. The molecule has 0 aromatic carbocycles. The van der Waals surface area contributed by atoms with E-state index in [1.165, 1.54) is 13.2 Å². The molecule has 5 N–H and O–H groups in total. The summed E-state index contributed by atoms with van der Waals surface area (Å²) in [5.74, 6) is 0. The van der Waals surface area contributed by atoms with Crippen molar-refractivity contribution in [2.75, 3.05) is 0 Å². The van der Waals surface area contributed by atoms with Gasteiger partial charge >= 0.3 is 13.3 Å². The summed E-state index contributed by atoms with van der Waals surface area (Å²) in [6.45, 7) is 6.42. The molecule has 2 heterocycles. The molecule has 0 aliphatic carbocycles. The lowest BCUT2D eigenvalue weighted by Gasteiger charge is -2.38. The zero-order valence-corrected chi connectivity index (χ0v) is 19.3. The van der Waals surface area contributed by atoms with Crippen LogP contribution in [0.25, 0.3) is 0 Å². The molecule has 178 valence electrons. The second-order valence-electron chi connectivity index (χ2n) is 8.34. The van der Waals surface area contributed by atoms with Crippen LogP contribution in [0.3, 0.4) is 0 Å². The molecule has 31 heavy (non-hydrogen) atoms. The molecule has 0 spiro atoms. The molecular formula is C19H33N2O9P. The van der Waals surface area contributed by atoms with Gasteiger partial charge in [0.15, 0.2) is 5.34 Å². The number of hydrogen-bond acceptors (Lipinski definition) is 8. The molecule has 1 aromatic heterocycles. The monoisotopic (exact) mass is 464 g/mol. The van der Waals surface area contributed by atoms with Crippen LogP contribution < -0.4 is 11.2 Å². The van der Waals surface area contributed by atoms with Crippen LogP contribution in [0.2, 0.25) is 0 Å². The van der Waals surface area contributed by atoms with Crippen molar-refractivity contribution in [1.29, 1.82) is 0 Å². The molecule has 11 nitrogen and oxygen atoms in total. The number of nitrogens with zero attached hydrogens (tertiary/aromatic N) is 1. The van der Waals surface area contributed by atoms with Crippen LogP contribution in [0.4, 0.5) is 0 Å². The van der Waals surface area contributed by atoms with E-state index in [1.807, 2.05) is 0 Å². The molecule has 2 rings (SSSR count). The van der Waals surface area contributed by atoms with Gasteiger partial charge in [-0.2, -0.15) is 0 Å². The van der Waals surface area contributed by atoms with Crippen LogP contribution in [-0.2, 0) is 20.9 Å². The summed E-state index contributed by atoms with van der Waals surface area (Å²) >= 11 is 0. The molecule has 1 aliphatic heterocycles. The first-order valence-corrected chi connectivity index (χ1v) is 11.9. The summed E-state index contributed by atoms with van der Waals surface area (Å²) < 4.78 is 25.3. The third kappa shape index (κ3) is 5.03. The van der Waals surface area contributed by atoms with Gasteiger partial charge < -0.3 is 34.0 Å². The normalized spacial score (nSPS) is 28.3. The fraction of sp³-hybridized carbons (Fsp3) is 0.789. The van der Waals surface area contributed by atoms with E-state index in [1.54, 1.807) is 27.7 Å². The molecule has 12 heteroatoms. The highest BCUT2D eigenvalue weighted by atomic mass is 31.2. The van der Waals surface area contributed by atoms with E-state index in [4.69, 9.17) is 9.26 Å². The molecule has 1 fully saturated rings. The zero-order valence-electron chi connectivity index (χ0n) is 18.4. The summed E-state index contributed by atoms with van der Waals surface area (Å²) in [5, 5.41) is 29.6. The van der Waals surface area contributed by atoms with Crippen LogP contribution in [0.5, 0.6) is 0 Å². The fourth-order valence-electron chi connectivity index (χ4n) is 3.67. The first kappa shape index (κ1) is 25.9. The molecular weight excluding hydrogens is 431 g/mol. The van der Waals surface area contributed by atoms with Gasteiger partial charge in [-0.25, -0.2) is 4.79 Å². The van der Waals surface area contributed by atoms with E-state index in [9.17, 15) is 34.4 Å². The minimum absolute atomic E-state index is 0.00984. The van der Waals surface area contributed by atoms with Gasteiger partial charge in [0.1, 0.15) is 18.3 Å². The number of aryl methyl sites for hydroxylation is 1. The third-order valence-electron chi connectivity index (χ3n) is 6.19. The molecule has 2 unspecified atom stereocenters. The lowest BCUT2D eigenvalue weighted by atomic mass is 9.92. The Bertz CT molecular complexity index is 941. The Kier molecular flexibility index (Phi) is 7.75. The number of hydrogen-bond donors (Lipinski definition) is 5. The number of aromatic amines is 1. The summed E-state index contributed by atoms with van der Waals surface area (Å²) in [4.78, 5) is 36.3. The maximum atomic E-state index is 12.8. The smallest absolute Gasteiger partial charge is 0.359 e. The molecule has 0 bridgehead atoms. The average Bonchev–Trinajstić information content (AvgIpc) is 2.97. The number of aromatic nitrogens is 2. The van der Waals surface area contributed by atoms with Gasteiger partial charge in [-0.1, -0.05) is 20.8 Å². The van der Waals surface area contributed by atoms with Crippen molar-refractivity contribution < 1.29 is 34.0 Å². The first-order chi connectivity index (χ1) is 14.2. The number of aliphatic hydroxyl groups is 3. The predicted molar refractivity (Wildman–Crippen MR) is 112 cm³/mol. The Hall–Kier alpha value is -1.33. The molecule has 0 amide bonds. The summed E-state index contributed by atoms with van der Waals surface area (Å²) in [6.07, 6.45) is -3.71. The van der Waals surface area contributed by atoms with Crippen molar-refractivity contribution in [2.45, 2.75) is 88.7 Å². The molecule has 0 saturated carbocycles. The van der Waals surface area contributed by atoms with Gasteiger partial charge in [-0.3, -0.25) is 14.3 Å². The largest absolute Gasteiger partial charge is 0.388 e. The van der Waals surface area contributed by atoms with Gasteiger partial charge in [0.05, 0.1) is 17.3 Å². The first-order valence-electron chi connectivity index (χ1n) is 10.3. The van der Waals surface area contributed by atoms with Crippen molar-refractivity contribution in [2.24, 2.45) is 7.05 Å². The lowest BCUT2D eigenvalue weighted by Crippen LogP contribution is -2.40. The van der Waals surface area contributed by atoms with E-state index in [0.29, 0.717) is 0 Å². The van der Waals surface area contributed by atoms with Gasteiger partial charge in [0.2, 0.25) is 0 Å². The van der Waals surface area contributed by atoms with Gasteiger partial charge in [0.25, 0.3) is 5.56 Å². The minimum Gasteiger partial charge on any atom is -0.388 e. The standard InChI is InChI=1S/C19H33N2O9P/c1-6-18(4,30-31(27,28)19(26,7-2)8-3)9-12-13(22)14(23)15(29-12)11-10-21(5)17(25)20-16(11)24/h10,12-15,22-23,26H,6-9H2,1-5H3,(H,27,28)(H,20,24,25)/t12-,13-,14-,15+,18?/m1/s1. The van der Waals surface area contributed by atoms with Crippen molar-refractivity contribution in [3.05, 3.63) is 32.6 Å². The maximum absolute atomic E-state index is 12.8. The number of ether oxygens (including phenoxy) is 1. The Labute approximate surface area is 180 Å². The topological polar surface area (TPSA) is 171 Å². The van der Waals surface area contributed by atoms with Gasteiger partial charge in [-0.05, 0) is 26.2 Å². The van der Waals surface area contributed by atoms with Crippen molar-refractivity contribution in [3.8, 4) is 0 Å². The zero-order chi connectivity index (χ0) is 23.8. The highest BCUT2D eigenvalue weighted by Crippen LogP contribution is 2.60. The van der Waals surface area contributed by atoms with E-state index >= 15 is 0 Å². The Morgan fingerprint density at radius 1 is 1.19 bits per heavy atom. The lowest BCUT2D eigenvalue weighted by molar-refractivity contribution is -0.0546. The van der Waals surface area contributed by atoms with Crippen LogP contribution in [0.1, 0.15) is 65.0 Å². The van der Waals surface area contributed by atoms with E-state index in [0.717, 1.165) is 4.57 Å². The fourth-order valence-corrected chi connectivity index (χ4v) is 5.44. The van der Waals surface area contributed by atoms with Crippen LogP contribution in [0, 0.1) is 0 Å². The summed E-state index contributed by atoms with van der Waals surface area (Å²) in [5.41, 5.74) is -2.69. The molecule has 6 atom stereocenters. The Morgan fingerprint density at radius 2 is 1.77 bits per heavy atom. The third-order valence-corrected chi connectivity index (χ3v) is 8.56.